The lowest BCUT2D eigenvalue weighted by molar-refractivity contribution is 0.285. The van der Waals surface area contributed by atoms with Crippen LogP contribution < -0.4 is 10.6 Å². The van der Waals surface area contributed by atoms with E-state index in [4.69, 9.17) is 0 Å². The number of rotatable bonds is 5. The first-order chi connectivity index (χ1) is 8.22. The van der Waals surface area contributed by atoms with Crippen molar-refractivity contribution in [3.8, 4) is 0 Å². The Labute approximate surface area is 111 Å². The summed E-state index contributed by atoms with van der Waals surface area (Å²) in [5, 5.41) is 6.68. The first kappa shape index (κ1) is 12.6. The highest BCUT2D eigenvalue weighted by atomic mass is 79.9. The zero-order chi connectivity index (χ0) is 12.3. The largest absolute Gasteiger partial charge is 0.369 e. The Kier molecular flexibility index (Phi) is 4.20. The molecule has 4 nitrogen and oxygen atoms in total. The number of aromatic nitrogens is 2. The molecule has 1 fully saturated rings. The molecule has 5 heteroatoms. The molecule has 2 N–H and O–H groups in total. The van der Waals surface area contributed by atoms with Gasteiger partial charge in [-0.3, -0.25) is 0 Å². The molecule has 0 radical (unpaired) electrons. The maximum Gasteiger partial charge on any atom is 0.146 e. The molecule has 17 heavy (non-hydrogen) atoms. The number of hydrogen-bond donors (Lipinski definition) is 2. The topological polar surface area (TPSA) is 49.8 Å². The van der Waals surface area contributed by atoms with Crippen molar-refractivity contribution in [3.63, 3.8) is 0 Å². The van der Waals surface area contributed by atoms with Crippen molar-refractivity contribution < 1.29 is 0 Å². The predicted molar refractivity (Wildman–Crippen MR) is 74.3 cm³/mol. The summed E-state index contributed by atoms with van der Waals surface area (Å²) in [6.45, 7) is 5.14. The second kappa shape index (κ2) is 5.67. The van der Waals surface area contributed by atoms with Crippen LogP contribution in [-0.4, -0.2) is 22.6 Å². The van der Waals surface area contributed by atoms with Gasteiger partial charge in [0.25, 0.3) is 0 Å². The van der Waals surface area contributed by atoms with E-state index in [1.807, 2.05) is 0 Å². The van der Waals surface area contributed by atoms with Gasteiger partial charge in [-0.15, -0.1) is 0 Å². The SMILES string of the molecule is CCNc1ncnc(NC(C)C2CCC2)c1Br. The molecule has 1 unspecified atom stereocenters. The van der Waals surface area contributed by atoms with Crippen LogP contribution in [0.1, 0.15) is 33.1 Å². The van der Waals surface area contributed by atoms with Crippen LogP contribution in [0.4, 0.5) is 11.6 Å². The zero-order valence-electron chi connectivity index (χ0n) is 10.3. The van der Waals surface area contributed by atoms with Gasteiger partial charge in [-0.25, -0.2) is 9.97 Å². The number of anilines is 2. The lowest BCUT2D eigenvalue weighted by atomic mass is 9.80. The molecule has 0 aliphatic heterocycles. The van der Waals surface area contributed by atoms with E-state index in [9.17, 15) is 0 Å². The summed E-state index contributed by atoms with van der Waals surface area (Å²) in [6, 6.07) is 0.476. The van der Waals surface area contributed by atoms with E-state index in [2.05, 4.69) is 50.4 Å². The van der Waals surface area contributed by atoms with Gasteiger partial charge in [-0.2, -0.15) is 0 Å². The van der Waals surface area contributed by atoms with Crippen molar-refractivity contribution in [1.29, 1.82) is 0 Å². The molecule has 1 atom stereocenters. The van der Waals surface area contributed by atoms with Gasteiger partial charge in [0.05, 0.1) is 0 Å². The minimum Gasteiger partial charge on any atom is -0.369 e. The maximum absolute atomic E-state index is 4.29. The summed E-state index contributed by atoms with van der Waals surface area (Å²) in [5.74, 6) is 2.53. The Morgan fingerprint density at radius 2 is 2.12 bits per heavy atom. The molecule has 94 valence electrons. The van der Waals surface area contributed by atoms with Crippen molar-refractivity contribution in [2.24, 2.45) is 5.92 Å². The van der Waals surface area contributed by atoms with Crippen LogP contribution in [0, 0.1) is 5.92 Å². The maximum atomic E-state index is 4.29. The molecule has 1 aliphatic carbocycles. The normalized spacial score (nSPS) is 17.4. The third-order valence-corrected chi connectivity index (χ3v) is 4.11. The molecular weight excluding hydrogens is 280 g/mol. The van der Waals surface area contributed by atoms with Gasteiger partial charge < -0.3 is 10.6 Å². The highest BCUT2D eigenvalue weighted by Crippen LogP contribution is 2.33. The van der Waals surface area contributed by atoms with Crippen molar-refractivity contribution in [1.82, 2.24) is 9.97 Å². The standard InChI is InChI=1S/C12H19BrN4/c1-3-14-11-10(13)12(16-7-15-11)17-8(2)9-5-4-6-9/h7-9H,3-6H2,1-2H3,(H2,14,15,16,17). The molecule has 1 aromatic rings. The molecule has 1 aliphatic rings. The van der Waals surface area contributed by atoms with Crippen LogP contribution in [-0.2, 0) is 0 Å². The first-order valence-electron chi connectivity index (χ1n) is 6.23. The Bertz CT molecular complexity index is 379. The van der Waals surface area contributed by atoms with E-state index >= 15 is 0 Å². The van der Waals surface area contributed by atoms with Crippen LogP contribution in [0.2, 0.25) is 0 Å². The summed E-state index contributed by atoms with van der Waals surface area (Å²) in [7, 11) is 0. The molecule has 0 saturated heterocycles. The van der Waals surface area contributed by atoms with Gasteiger partial charge in [0.2, 0.25) is 0 Å². The van der Waals surface area contributed by atoms with Crippen LogP contribution in [0.25, 0.3) is 0 Å². The second-order valence-corrected chi connectivity index (χ2v) is 5.33. The van der Waals surface area contributed by atoms with E-state index in [1.165, 1.54) is 19.3 Å². The highest BCUT2D eigenvalue weighted by molar-refractivity contribution is 9.10. The number of halogens is 1. The van der Waals surface area contributed by atoms with E-state index in [1.54, 1.807) is 6.33 Å². The quantitative estimate of drug-likeness (QED) is 0.876. The van der Waals surface area contributed by atoms with Gasteiger partial charge in [-0.1, -0.05) is 6.42 Å². The minimum absolute atomic E-state index is 0.476. The molecule has 0 spiro atoms. The van der Waals surface area contributed by atoms with Gasteiger partial charge in [0, 0.05) is 12.6 Å². The average molecular weight is 299 g/mol. The Hall–Kier alpha value is -0.840. The Morgan fingerprint density at radius 1 is 1.41 bits per heavy atom. The fraction of sp³-hybridized carbons (Fsp3) is 0.667. The zero-order valence-corrected chi connectivity index (χ0v) is 11.9. The minimum atomic E-state index is 0.476. The molecular formula is C12H19BrN4. The molecule has 0 bridgehead atoms. The van der Waals surface area contributed by atoms with E-state index in [0.29, 0.717) is 6.04 Å². The van der Waals surface area contributed by atoms with E-state index in [0.717, 1.165) is 28.6 Å². The summed E-state index contributed by atoms with van der Waals surface area (Å²) in [4.78, 5) is 8.50. The molecule has 1 heterocycles. The van der Waals surface area contributed by atoms with Crippen molar-refractivity contribution >= 4 is 27.6 Å². The van der Waals surface area contributed by atoms with E-state index in [-0.39, 0.29) is 0 Å². The smallest absolute Gasteiger partial charge is 0.146 e. The summed E-state index contributed by atoms with van der Waals surface area (Å²) < 4.78 is 0.924. The molecule has 1 aromatic heterocycles. The van der Waals surface area contributed by atoms with Crippen LogP contribution in [0.3, 0.4) is 0 Å². The van der Waals surface area contributed by atoms with Gasteiger partial charge in [0.1, 0.15) is 22.4 Å². The van der Waals surface area contributed by atoms with Crippen LogP contribution >= 0.6 is 15.9 Å². The number of hydrogen-bond acceptors (Lipinski definition) is 4. The summed E-state index contributed by atoms with van der Waals surface area (Å²) in [5.41, 5.74) is 0. The monoisotopic (exact) mass is 298 g/mol. The fourth-order valence-corrected chi connectivity index (χ4v) is 2.49. The van der Waals surface area contributed by atoms with Crippen molar-refractivity contribution in [2.75, 3.05) is 17.2 Å². The molecule has 0 amide bonds. The van der Waals surface area contributed by atoms with Gasteiger partial charge >= 0.3 is 0 Å². The van der Waals surface area contributed by atoms with Crippen LogP contribution in [0.15, 0.2) is 10.8 Å². The lowest BCUT2D eigenvalue weighted by Crippen LogP contribution is -2.31. The molecule has 1 saturated carbocycles. The molecule has 0 aromatic carbocycles. The fourth-order valence-electron chi connectivity index (χ4n) is 2.03. The summed E-state index contributed by atoms with van der Waals surface area (Å²) in [6.07, 6.45) is 5.62. The molecule has 2 rings (SSSR count). The predicted octanol–water partition coefficient (Wildman–Crippen LogP) is 3.27. The van der Waals surface area contributed by atoms with Crippen LogP contribution in [0.5, 0.6) is 0 Å². The second-order valence-electron chi connectivity index (χ2n) is 4.54. The van der Waals surface area contributed by atoms with E-state index < -0.39 is 0 Å². The van der Waals surface area contributed by atoms with Gasteiger partial charge in [-0.05, 0) is 48.5 Å². The van der Waals surface area contributed by atoms with Gasteiger partial charge in [0.15, 0.2) is 0 Å². The number of nitrogens with zero attached hydrogens (tertiary/aromatic N) is 2. The Balaban J connectivity index is 2.06. The van der Waals surface area contributed by atoms with Crippen molar-refractivity contribution in [2.45, 2.75) is 39.2 Å². The number of nitrogens with one attached hydrogen (secondary N) is 2. The highest BCUT2D eigenvalue weighted by Gasteiger charge is 2.24. The lowest BCUT2D eigenvalue weighted by Gasteiger charge is -2.32. The Morgan fingerprint density at radius 3 is 2.71 bits per heavy atom. The van der Waals surface area contributed by atoms with Crippen molar-refractivity contribution in [3.05, 3.63) is 10.8 Å². The third kappa shape index (κ3) is 2.89. The first-order valence-corrected chi connectivity index (χ1v) is 7.02. The third-order valence-electron chi connectivity index (χ3n) is 3.36. The summed E-state index contributed by atoms with van der Waals surface area (Å²) >= 11 is 3.55. The average Bonchev–Trinajstić information content (AvgIpc) is 2.21.